The second-order valence-corrected chi connectivity index (χ2v) is 5.04. The number of hydrogen-bond acceptors (Lipinski definition) is 2. The highest BCUT2D eigenvalue weighted by Gasteiger charge is 2.12. The zero-order chi connectivity index (χ0) is 11.5. The van der Waals surface area contributed by atoms with Crippen molar-refractivity contribution in [2.75, 3.05) is 7.11 Å². The van der Waals surface area contributed by atoms with Crippen molar-refractivity contribution in [3.05, 3.63) is 29.3 Å². The van der Waals surface area contributed by atoms with Gasteiger partial charge in [-0.15, -0.1) is 0 Å². The predicted molar refractivity (Wildman–Crippen MR) is 62.1 cm³/mol. The molecule has 15 heavy (non-hydrogen) atoms. The molecule has 1 rings (SSSR count). The average molecular weight is 208 g/mol. The van der Waals surface area contributed by atoms with Crippen LogP contribution in [0.25, 0.3) is 0 Å². The minimum Gasteiger partial charge on any atom is -0.496 e. The summed E-state index contributed by atoms with van der Waals surface area (Å²) in [6.07, 6.45) is 1.01. The van der Waals surface area contributed by atoms with E-state index in [0.29, 0.717) is 0 Å². The van der Waals surface area contributed by atoms with Crippen LogP contribution in [-0.4, -0.2) is 12.2 Å². The molecule has 2 nitrogen and oxygen atoms in total. The first-order valence-electron chi connectivity index (χ1n) is 5.23. The maximum Gasteiger partial charge on any atom is 0.124 e. The lowest BCUT2D eigenvalue weighted by Crippen LogP contribution is -2.09. The molecule has 0 aliphatic carbocycles. The minimum atomic E-state index is 0.0268. The molecule has 0 saturated heterocycles. The number of hydrogen-bond donors (Lipinski definition) is 1. The van der Waals surface area contributed by atoms with Gasteiger partial charge in [-0.1, -0.05) is 32.9 Å². The molecule has 2 heteroatoms. The number of ether oxygens (including phenoxy) is 1. The van der Waals surface area contributed by atoms with E-state index < -0.39 is 0 Å². The van der Waals surface area contributed by atoms with Gasteiger partial charge in [-0.05, 0) is 23.5 Å². The molecule has 0 aliphatic rings. The van der Waals surface area contributed by atoms with Crippen LogP contribution in [0.5, 0.6) is 5.75 Å². The molecule has 0 atom stereocenters. The van der Waals surface area contributed by atoms with Gasteiger partial charge in [-0.3, -0.25) is 0 Å². The van der Waals surface area contributed by atoms with Crippen LogP contribution >= 0.6 is 0 Å². The van der Waals surface area contributed by atoms with E-state index in [1.807, 2.05) is 12.1 Å². The van der Waals surface area contributed by atoms with E-state index in [9.17, 15) is 0 Å². The van der Waals surface area contributed by atoms with Gasteiger partial charge in [0.15, 0.2) is 0 Å². The van der Waals surface area contributed by atoms with Gasteiger partial charge >= 0.3 is 0 Å². The second kappa shape index (κ2) is 4.67. The number of rotatable bonds is 3. The molecule has 0 heterocycles. The third-order valence-electron chi connectivity index (χ3n) is 2.26. The summed E-state index contributed by atoms with van der Waals surface area (Å²) < 4.78 is 5.23. The van der Waals surface area contributed by atoms with Gasteiger partial charge in [-0.2, -0.15) is 0 Å². The Bertz CT molecular complexity index is 324. The standard InChI is InChI=1S/C13H20O2/c1-13(2,3)8-10-5-6-11(9-14)12(7-10)15-4/h5-7,14H,8-9H2,1-4H3. The third-order valence-corrected chi connectivity index (χ3v) is 2.26. The summed E-state index contributed by atoms with van der Waals surface area (Å²) in [4.78, 5) is 0. The normalized spacial score (nSPS) is 11.5. The van der Waals surface area contributed by atoms with Crippen molar-refractivity contribution in [3.63, 3.8) is 0 Å². The molecular formula is C13H20O2. The molecule has 0 amide bonds. The van der Waals surface area contributed by atoms with Crippen LogP contribution in [0.15, 0.2) is 18.2 Å². The van der Waals surface area contributed by atoms with Gasteiger partial charge in [0, 0.05) is 5.56 Å². The highest BCUT2D eigenvalue weighted by molar-refractivity contribution is 5.37. The zero-order valence-electron chi connectivity index (χ0n) is 10.0. The Morgan fingerprint density at radius 3 is 2.40 bits per heavy atom. The summed E-state index contributed by atoms with van der Waals surface area (Å²) in [6, 6.07) is 6.00. The largest absolute Gasteiger partial charge is 0.496 e. The molecular weight excluding hydrogens is 188 g/mol. The van der Waals surface area contributed by atoms with Crippen LogP contribution in [0.3, 0.4) is 0 Å². The van der Waals surface area contributed by atoms with Crippen molar-refractivity contribution in [1.29, 1.82) is 0 Å². The SMILES string of the molecule is COc1cc(CC(C)(C)C)ccc1CO. The van der Waals surface area contributed by atoms with Crippen LogP contribution in [0.2, 0.25) is 0 Å². The van der Waals surface area contributed by atoms with Crippen molar-refractivity contribution in [2.45, 2.75) is 33.8 Å². The minimum absolute atomic E-state index is 0.0268. The van der Waals surface area contributed by atoms with Crippen LogP contribution in [-0.2, 0) is 13.0 Å². The first-order chi connectivity index (χ1) is 6.96. The maximum absolute atomic E-state index is 9.09. The van der Waals surface area contributed by atoms with Crippen molar-refractivity contribution >= 4 is 0 Å². The number of benzene rings is 1. The molecule has 0 radical (unpaired) electrons. The summed E-state index contributed by atoms with van der Waals surface area (Å²) in [6.45, 7) is 6.65. The Balaban J connectivity index is 2.93. The van der Waals surface area contributed by atoms with E-state index in [4.69, 9.17) is 9.84 Å². The second-order valence-electron chi connectivity index (χ2n) is 5.04. The molecule has 0 fully saturated rings. The number of methoxy groups -OCH3 is 1. The van der Waals surface area contributed by atoms with Crippen LogP contribution in [0, 0.1) is 5.41 Å². The predicted octanol–water partition coefficient (Wildman–Crippen LogP) is 2.78. The summed E-state index contributed by atoms with van der Waals surface area (Å²) in [5, 5.41) is 9.09. The fraction of sp³-hybridized carbons (Fsp3) is 0.538. The quantitative estimate of drug-likeness (QED) is 0.827. The molecule has 0 unspecified atom stereocenters. The summed E-state index contributed by atoms with van der Waals surface area (Å²) in [5.74, 6) is 0.777. The van der Waals surface area contributed by atoms with Gasteiger partial charge in [0.1, 0.15) is 5.75 Å². The number of aliphatic hydroxyl groups excluding tert-OH is 1. The summed E-state index contributed by atoms with van der Waals surface area (Å²) in [5.41, 5.74) is 2.36. The van der Waals surface area contributed by atoms with Gasteiger partial charge in [0.25, 0.3) is 0 Å². The number of aliphatic hydroxyl groups is 1. The molecule has 0 saturated carbocycles. The van der Waals surface area contributed by atoms with E-state index in [1.165, 1.54) is 5.56 Å². The molecule has 84 valence electrons. The lowest BCUT2D eigenvalue weighted by Gasteiger charge is -2.19. The topological polar surface area (TPSA) is 29.5 Å². The van der Waals surface area contributed by atoms with Gasteiger partial charge in [0.2, 0.25) is 0 Å². The van der Waals surface area contributed by atoms with E-state index in [1.54, 1.807) is 7.11 Å². The maximum atomic E-state index is 9.09. The Labute approximate surface area is 91.9 Å². The monoisotopic (exact) mass is 208 g/mol. The lowest BCUT2D eigenvalue weighted by molar-refractivity contribution is 0.273. The van der Waals surface area contributed by atoms with Crippen LogP contribution in [0.4, 0.5) is 0 Å². The highest BCUT2D eigenvalue weighted by Crippen LogP contribution is 2.25. The average Bonchev–Trinajstić information content (AvgIpc) is 2.15. The van der Waals surface area contributed by atoms with Gasteiger partial charge in [-0.25, -0.2) is 0 Å². The van der Waals surface area contributed by atoms with Crippen molar-refractivity contribution in [3.8, 4) is 5.75 Å². The summed E-state index contributed by atoms with van der Waals surface area (Å²) >= 11 is 0. The van der Waals surface area contributed by atoms with E-state index in [-0.39, 0.29) is 12.0 Å². The van der Waals surface area contributed by atoms with Crippen molar-refractivity contribution in [2.24, 2.45) is 5.41 Å². The molecule has 0 aliphatic heterocycles. The lowest BCUT2D eigenvalue weighted by atomic mass is 9.88. The molecule has 1 N–H and O–H groups in total. The highest BCUT2D eigenvalue weighted by atomic mass is 16.5. The molecule has 1 aromatic carbocycles. The van der Waals surface area contributed by atoms with Crippen molar-refractivity contribution < 1.29 is 9.84 Å². The fourth-order valence-corrected chi connectivity index (χ4v) is 1.64. The first kappa shape index (κ1) is 12.1. The Morgan fingerprint density at radius 2 is 1.93 bits per heavy atom. The van der Waals surface area contributed by atoms with Crippen molar-refractivity contribution in [1.82, 2.24) is 0 Å². The third kappa shape index (κ3) is 3.56. The Hall–Kier alpha value is -1.02. The van der Waals surface area contributed by atoms with Crippen LogP contribution < -0.4 is 4.74 Å². The summed E-state index contributed by atoms with van der Waals surface area (Å²) in [7, 11) is 1.63. The Kier molecular flexibility index (Phi) is 3.75. The Morgan fingerprint density at radius 1 is 1.27 bits per heavy atom. The fourth-order valence-electron chi connectivity index (χ4n) is 1.64. The first-order valence-corrected chi connectivity index (χ1v) is 5.23. The zero-order valence-corrected chi connectivity index (χ0v) is 10.0. The molecule has 0 bridgehead atoms. The van der Waals surface area contributed by atoms with E-state index >= 15 is 0 Å². The van der Waals surface area contributed by atoms with E-state index in [0.717, 1.165) is 17.7 Å². The van der Waals surface area contributed by atoms with Gasteiger partial charge < -0.3 is 9.84 Å². The van der Waals surface area contributed by atoms with Gasteiger partial charge in [0.05, 0.1) is 13.7 Å². The smallest absolute Gasteiger partial charge is 0.124 e. The van der Waals surface area contributed by atoms with E-state index in [2.05, 4.69) is 26.8 Å². The molecule has 0 aromatic heterocycles. The molecule has 1 aromatic rings. The molecule has 0 spiro atoms. The van der Waals surface area contributed by atoms with Crippen LogP contribution in [0.1, 0.15) is 31.9 Å².